The number of hydrogen-bond acceptors (Lipinski definition) is 5. The van der Waals surface area contributed by atoms with Gasteiger partial charge in [-0.05, 0) is 43.3 Å². The lowest BCUT2D eigenvalue weighted by molar-refractivity contribution is -0.153. The van der Waals surface area contributed by atoms with Gasteiger partial charge in [-0.15, -0.1) is 11.3 Å². The fourth-order valence-electron chi connectivity index (χ4n) is 2.43. The van der Waals surface area contributed by atoms with Crippen molar-refractivity contribution in [3.63, 3.8) is 0 Å². The first kappa shape index (κ1) is 20.7. The summed E-state index contributed by atoms with van der Waals surface area (Å²) in [5.74, 6) is 0.256. The number of aromatic nitrogens is 1. The van der Waals surface area contributed by atoms with E-state index < -0.39 is 18.7 Å². The Hall–Kier alpha value is -3.07. The van der Waals surface area contributed by atoms with Crippen LogP contribution in [-0.4, -0.2) is 23.7 Å². The molecule has 9 heteroatoms. The average molecular weight is 422 g/mol. The standard InChI is InChI=1S/C20H17F3N2O3S/c1-13-17(3-2-4-18(13)28-11-20(21,22)23)25-19(26)14-5-7-16(8-6-14)27-9-15-10-29-12-24-15/h2-8,10,12H,9,11H2,1H3,(H,25,26). The molecule has 0 aliphatic heterocycles. The Morgan fingerprint density at radius 1 is 1.14 bits per heavy atom. The van der Waals surface area contributed by atoms with Gasteiger partial charge in [0.1, 0.15) is 18.1 Å². The first-order valence-corrected chi connectivity index (χ1v) is 9.46. The molecule has 152 valence electrons. The van der Waals surface area contributed by atoms with Gasteiger partial charge in [-0.25, -0.2) is 4.98 Å². The number of thiazole rings is 1. The van der Waals surface area contributed by atoms with Gasteiger partial charge < -0.3 is 14.8 Å². The van der Waals surface area contributed by atoms with Crippen LogP contribution in [0, 0.1) is 6.92 Å². The van der Waals surface area contributed by atoms with Crippen LogP contribution in [0.2, 0.25) is 0 Å². The fraction of sp³-hybridized carbons (Fsp3) is 0.200. The van der Waals surface area contributed by atoms with Gasteiger partial charge in [-0.2, -0.15) is 13.2 Å². The van der Waals surface area contributed by atoms with E-state index in [0.29, 0.717) is 29.2 Å². The zero-order valence-electron chi connectivity index (χ0n) is 15.3. The molecular weight excluding hydrogens is 405 g/mol. The SMILES string of the molecule is Cc1c(NC(=O)c2ccc(OCc3cscn3)cc2)cccc1OCC(F)(F)F. The van der Waals surface area contributed by atoms with Crippen molar-refractivity contribution in [2.45, 2.75) is 19.7 Å². The maximum atomic E-state index is 12.5. The molecule has 1 N–H and O–H groups in total. The van der Waals surface area contributed by atoms with Gasteiger partial charge in [0, 0.05) is 22.2 Å². The Morgan fingerprint density at radius 2 is 1.90 bits per heavy atom. The molecule has 3 rings (SSSR count). The molecule has 1 heterocycles. The average Bonchev–Trinajstić information content (AvgIpc) is 3.20. The summed E-state index contributed by atoms with van der Waals surface area (Å²) in [4.78, 5) is 16.6. The van der Waals surface area contributed by atoms with Crippen LogP contribution in [0.25, 0.3) is 0 Å². The van der Waals surface area contributed by atoms with Crippen molar-refractivity contribution < 1.29 is 27.4 Å². The van der Waals surface area contributed by atoms with Gasteiger partial charge in [0.25, 0.3) is 5.91 Å². The Morgan fingerprint density at radius 3 is 2.55 bits per heavy atom. The molecule has 0 saturated carbocycles. The van der Waals surface area contributed by atoms with E-state index in [1.165, 1.54) is 23.5 Å². The zero-order chi connectivity index (χ0) is 20.9. The highest BCUT2D eigenvalue weighted by Gasteiger charge is 2.28. The Bertz CT molecular complexity index is 958. The van der Waals surface area contributed by atoms with E-state index in [0.717, 1.165) is 5.69 Å². The van der Waals surface area contributed by atoms with Crippen molar-refractivity contribution in [3.05, 3.63) is 70.2 Å². The molecule has 1 amide bonds. The summed E-state index contributed by atoms with van der Waals surface area (Å²) in [6.45, 7) is 0.517. The van der Waals surface area contributed by atoms with Crippen molar-refractivity contribution in [3.8, 4) is 11.5 Å². The van der Waals surface area contributed by atoms with Gasteiger partial charge in [-0.1, -0.05) is 6.07 Å². The third-order valence-electron chi connectivity index (χ3n) is 3.91. The molecule has 0 spiro atoms. The molecule has 0 saturated heterocycles. The minimum absolute atomic E-state index is 0.0610. The summed E-state index contributed by atoms with van der Waals surface area (Å²) in [6, 6.07) is 11.1. The van der Waals surface area contributed by atoms with Gasteiger partial charge >= 0.3 is 6.18 Å². The highest BCUT2D eigenvalue weighted by Crippen LogP contribution is 2.28. The van der Waals surface area contributed by atoms with E-state index in [4.69, 9.17) is 9.47 Å². The molecule has 3 aromatic rings. The zero-order valence-corrected chi connectivity index (χ0v) is 16.1. The van der Waals surface area contributed by atoms with Crippen LogP contribution in [0.3, 0.4) is 0 Å². The van der Waals surface area contributed by atoms with E-state index in [1.807, 2.05) is 5.38 Å². The molecule has 0 unspecified atom stereocenters. The van der Waals surface area contributed by atoms with Crippen molar-refractivity contribution >= 4 is 22.9 Å². The summed E-state index contributed by atoms with van der Waals surface area (Å²) < 4.78 is 47.5. The molecule has 1 aromatic heterocycles. The second-order valence-electron chi connectivity index (χ2n) is 6.08. The van der Waals surface area contributed by atoms with E-state index in [2.05, 4.69) is 10.3 Å². The van der Waals surface area contributed by atoms with Gasteiger partial charge in [0.15, 0.2) is 6.61 Å². The molecule has 0 radical (unpaired) electrons. The third kappa shape index (κ3) is 5.95. The summed E-state index contributed by atoms with van der Waals surface area (Å²) in [6.07, 6.45) is -4.44. The lowest BCUT2D eigenvalue weighted by Crippen LogP contribution is -2.20. The summed E-state index contributed by atoms with van der Waals surface area (Å²) >= 11 is 1.48. The van der Waals surface area contributed by atoms with E-state index in [9.17, 15) is 18.0 Å². The Labute approximate surface area is 169 Å². The third-order valence-corrected chi connectivity index (χ3v) is 4.55. The summed E-state index contributed by atoms with van der Waals surface area (Å²) in [5.41, 5.74) is 3.70. The van der Waals surface area contributed by atoms with Crippen LogP contribution in [-0.2, 0) is 6.61 Å². The topological polar surface area (TPSA) is 60.5 Å². The van der Waals surface area contributed by atoms with Crippen LogP contribution in [0.1, 0.15) is 21.6 Å². The minimum atomic E-state index is -4.44. The molecule has 5 nitrogen and oxygen atoms in total. The molecule has 0 fully saturated rings. The number of carbonyl (C=O) groups excluding carboxylic acids is 1. The highest BCUT2D eigenvalue weighted by atomic mass is 32.1. The van der Waals surface area contributed by atoms with Crippen molar-refractivity contribution in [2.24, 2.45) is 0 Å². The number of nitrogens with one attached hydrogen (secondary N) is 1. The Balaban J connectivity index is 1.62. The number of alkyl halides is 3. The number of halogens is 3. The largest absolute Gasteiger partial charge is 0.487 e. The number of anilines is 1. The number of hydrogen-bond donors (Lipinski definition) is 1. The van der Waals surface area contributed by atoms with Gasteiger partial charge in [0.2, 0.25) is 0 Å². The minimum Gasteiger partial charge on any atom is -0.487 e. The van der Waals surface area contributed by atoms with Crippen LogP contribution < -0.4 is 14.8 Å². The molecule has 0 aliphatic rings. The van der Waals surface area contributed by atoms with Crippen LogP contribution in [0.15, 0.2) is 53.4 Å². The number of rotatable bonds is 7. The molecule has 0 bridgehead atoms. The number of nitrogens with zero attached hydrogens (tertiary/aromatic N) is 1. The summed E-state index contributed by atoms with van der Waals surface area (Å²) in [7, 11) is 0. The first-order valence-electron chi connectivity index (χ1n) is 8.52. The van der Waals surface area contributed by atoms with Crippen molar-refractivity contribution in [1.82, 2.24) is 4.98 Å². The highest BCUT2D eigenvalue weighted by molar-refractivity contribution is 7.07. The maximum Gasteiger partial charge on any atom is 0.422 e. The van der Waals surface area contributed by atoms with Crippen molar-refractivity contribution in [2.75, 3.05) is 11.9 Å². The van der Waals surface area contributed by atoms with E-state index >= 15 is 0 Å². The van der Waals surface area contributed by atoms with Gasteiger partial charge in [0.05, 0.1) is 11.2 Å². The van der Waals surface area contributed by atoms with Crippen LogP contribution in [0.4, 0.5) is 18.9 Å². The number of ether oxygens (including phenoxy) is 2. The normalized spacial score (nSPS) is 11.2. The molecular formula is C20H17F3N2O3S. The smallest absolute Gasteiger partial charge is 0.422 e. The number of benzene rings is 2. The lowest BCUT2D eigenvalue weighted by Gasteiger charge is -2.15. The van der Waals surface area contributed by atoms with Crippen LogP contribution in [0.5, 0.6) is 11.5 Å². The lowest BCUT2D eigenvalue weighted by atomic mass is 10.1. The summed E-state index contributed by atoms with van der Waals surface area (Å²) in [5, 5.41) is 4.57. The molecule has 29 heavy (non-hydrogen) atoms. The quantitative estimate of drug-likeness (QED) is 0.567. The monoisotopic (exact) mass is 422 g/mol. The second-order valence-corrected chi connectivity index (χ2v) is 6.80. The van der Waals surface area contributed by atoms with Crippen LogP contribution >= 0.6 is 11.3 Å². The molecule has 0 aliphatic carbocycles. The first-order chi connectivity index (χ1) is 13.8. The predicted octanol–water partition coefficient (Wildman–Crippen LogP) is 5.22. The molecule has 2 aromatic carbocycles. The second kappa shape index (κ2) is 8.95. The predicted molar refractivity (Wildman–Crippen MR) is 104 cm³/mol. The molecule has 0 atom stereocenters. The van der Waals surface area contributed by atoms with E-state index in [-0.39, 0.29) is 5.75 Å². The fourth-order valence-corrected chi connectivity index (χ4v) is 2.97. The number of carbonyl (C=O) groups is 1. The Kier molecular flexibility index (Phi) is 6.38. The van der Waals surface area contributed by atoms with Crippen molar-refractivity contribution in [1.29, 1.82) is 0 Å². The maximum absolute atomic E-state index is 12.5. The van der Waals surface area contributed by atoms with Gasteiger partial charge in [-0.3, -0.25) is 4.79 Å². The van der Waals surface area contributed by atoms with E-state index in [1.54, 1.807) is 42.8 Å². The number of amides is 1.